The fraction of sp³-hybridized carbons (Fsp3) is 0.545. The zero-order valence-corrected chi connectivity index (χ0v) is 17.1. The molecule has 2 aromatic rings. The summed E-state index contributed by atoms with van der Waals surface area (Å²) >= 11 is 1.62. The van der Waals surface area contributed by atoms with E-state index in [1.165, 1.54) is 0 Å². The number of unbranched alkanes of at least 4 members (excludes halogenated alkanes) is 2. The minimum atomic E-state index is -0.861. The topological polar surface area (TPSA) is 56.5 Å². The molecule has 28 heavy (non-hydrogen) atoms. The predicted molar refractivity (Wildman–Crippen MR) is 109 cm³/mol. The van der Waals surface area contributed by atoms with Gasteiger partial charge in [0.25, 0.3) is 0 Å². The third kappa shape index (κ3) is 4.96. The molecule has 0 N–H and O–H groups in total. The highest BCUT2D eigenvalue weighted by Gasteiger charge is 2.26. The average Bonchev–Trinajstić information content (AvgIpc) is 3.22. The van der Waals surface area contributed by atoms with Crippen molar-refractivity contribution in [1.82, 2.24) is 0 Å². The van der Waals surface area contributed by atoms with Crippen LogP contribution in [-0.4, -0.2) is 18.3 Å². The molecular weight excluding hydrogens is 379 g/mol. The van der Waals surface area contributed by atoms with E-state index in [1.807, 2.05) is 18.2 Å². The zero-order chi connectivity index (χ0) is 19.9. The van der Waals surface area contributed by atoms with Gasteiger partial charge in [0.15, 0.2) is 5.58 Å². The van der Waals surface area contributed by atoms with Crippen LogP contribution in [-0.2, 0) is 9.53 Å². The van der Waals surface area contributed by atoms with Crippen molar-refractivity contribution in [2.75, 3.05) is 12.4 Å². The van der Waals surface area contributed by atoms with Crippen LogP contribution in [0, 0.1) is 5.82 Å². The maximum Gasteiger partial charge on any atom is 0.372 e. The van der Waals surface area contributed by atoms with E-state index in [4.69, 9.17) is 9.15 Å². The maximum absolute atomic E-state index is 14.6. The van der Waals surface area contributed by atoms with Crippen molar-refractivity contribution < 1.29 is 18.3 Å². The largest absolute Gasteiger partial charge is 0.466 e. The lowest BCUT2D eigenvalue weighted by Gasteiger charge is -2.14. The van der Waals surface area contributed by atoms with Gasteiger partial charge >= 0.3 is 11.6 Å². The first-order valence-electron chi connectivity index (χ1n) is 10.2. The Labute approximate surface area is 168 Å². The number of hydrogen-bond donors (Lipinski definition) is 0. The number of carbonyl (C=O) groups is 1. The molecule has 0 unspecified atom stereocenters. The van der Waals surface area contributed by atoms with Gasteiger partial charge in [-0.25, -0.2) is 4.79 Å². The summed E-state index contributed by atoms with van der Waals surface area (Å²) in [6.07, 6.45) is 7.18. The maximum atomic E-state index is 14.6. The Morgan fingerprint density at radius 3 is 2.79 bits per heavy atom. The molecule has 0 spiro atoms. The molecule has 1 saturated carbocycles. The van der Waals surface area contributed by atoms with E-state index in [9.17, 15) is 14.0 Å². The minimum absolute atomic E-state index is 0.109. The SMILES string of the molecule is CCC(=O)OCCCCCSc1cccc2c(C3CCCC3)c(F)c(=O)oc12. The van der Waals surface area contributed by atoms with Gasteiger partial charge < -0.3 is 9.15 Å². The van der Waals surface area contributed by atoms with Gasteiger partial charge in [-0.1, -0.05) is 31.9 Å². The number of rotatable bonds is 9. The first-order valence-corrected chi connectivity index (χ1v) is 11.1. The molecule has 0 bridgehead atoms. The molecule has 3 rings (SSSR count). The Balaban J connectivity index is 1.66. The summed E-state index contributed by atoms with van der Waals surface area (Å²) in [6, 6.07) is 5.70. The molecule has 1 aromatic carbocycles. The highest BCUT2D eigenvalue weighted by atomic mass is 32.2. The van der Waals surface area contributed by atoms with Crippen molar-refractivity contribution in [2.24, 2.45) is 0 Å². The van der Waals surface area contributed by atoms with E-state index in [0.717, 1.165) is 61.0 Å². The summed E-state index contributed by atoms with van der Waals surface area (Å²) in [6.45, 7) is 2.25. The second-order valence-corrected chi connectivity index (χ2v) is 8.35. The molecule has 6 heteroatoms. The lowest BCUT2D eigenvalue weighted by atomic mass is 9.94. The molecule has 0 saturated heterocycles. The molecule has 1 heterocycles. The number of para-hydroxylation sites is 1. The first kappa shape index (κ1) is 20.9. The van der Waals surface area contributed by atoms with Crippen LogP contribution >= 0.6 is 11.8 Å². The van der Waals surface area contributed by atoms with E-state index in [-0.39, 0.29) is 11.9 Å². The van der Waals surface area contributed by atoms with Gasteiger partial charge in [0.2, 0.25) is 5.82 Å². The lowest BCUT2D eigenvalue weighted by Crippen LogP contribution is -2.12. The standard InChI is InChI=1S/C22H27FO4S/c1-2-18(24)26-13-6-3-7-14-28-17-12-8-11-16-19(15-9-4-5-10-15)20(23)22(25)27-21(16)17/h8,11-12,15H,2-7,9-10,13-14H2,1H3. The van der Waals surface area contributed by atoms with Gasteiger partial charge in [0, 0.05) is 17.4 Å². The summed E-state index contributed by atoms with van der Waals surface area (Å²) in [4.78, 5) is 24.1. The normalized spacial score (nSPS) is 14.6. The van der Waals surface area contributed by atoms with Crippen LogP contribution in [0.1, 0.15) is 69.8 Å². The Morgan fingerprint density at radius 1 is 1.25 bits per heavy atom. The van der Waals surface area contributed by atoms with Crippen LogP contribution < -0.4 is 5.63 Å². The Kier molecular flexibility index (Phi) is 7.54. The highest BCUT2D eigenvalue weighted by molar-refractivity contribution is 7.99. The third-order valence-electron chi connectivity index (χ3n) is 5.24. The summed E-state index contributed by atoms with van der Waals surface area (Å²) in [5.74, 6) is 0.0899. The molecule has 152 valence electrons. The second kappa shape index (κ2) is 10.1. The van der Waals surface area contributed by atoms with Crippen molar-refractivity contribution in [2.45, 2.75) is 69.1 Å². The number of thioether (sulfide) groups is 1. The number of hydrogen-bond acceptors (Lipinski definition) is 5. The molecule has 4 nitrogen and oxygen atoms in total. The van der Waals surface area contributed by atoms with Crippen LogP contribution in [0.25, 0.3) is 11.0 Å². The lowest BCUT2D eigenvalue weighted by molar-refractivity contribution is -0.143. The van der Waals surface area contributed by atoms with Crippen molar-refractivity contribution in [3.8, 4) is 0 Å². The molecule has 1 fully saturated rings. The van der Waals surface area contributed by atoms with Crippen LogP contribution in [0.3, 0.4) is 0 Å². The summed E-state index contributed by atoms with van der Waals surface area (Å²) in [7, 11) is 0. The van der Waals surface area contributed by atoms with E-state index in [2.05, 4.69) is 0 Å². The van der Waals surface area contributed by atoms with Gasteiger partial charge in [0.1, 0.15) is 0 Å². The first-order chi connectivity index (χ1) is 13.6. The zero-order valence-electron chi connectivity index (χ0n) is 16.3. The number of carbonyl (C=O) groups excluding carboxylic acids is 1. The van der Waals surface area contributed by atoms with E-state index < -0.39 is 11.4 Å². The van der Waals surface area contributed by atoms with E-state index >= 15 is 0 Å². The molecule has 1 aromatic heterocycles. The molecule has 1 aliphatic carbocycles. The average molecular weight is 407 g/mol. The van der Waals surface area contributed by atoms with Crippen LogP contribution in [0.2, 0.25) is 0 Å². The monoisotopic (exact) mass is 406 g/mol. The quantitative estimate of drug-likeness (QED) is 0.228. The van der Waals surface area contributed by atoms with Gasteiger partial charge in [-0.2, -0.15) is 4.39 Å². The van der Waals surface area contributed by atoms with Gasteiger partial charge in [0.05, 0.1) is 11.5 Å². The van der Waals surface area contributed by atoms with Crippen LogP contribution in [0.5, 0.6) is 0 Å². The highest BCUT2D eigenvalue weighted by Crippen LogP contribution is 2.40. The van der Waals surface area contributed by atoms with Crippen molar-refractivity contribution in [3.63, 3.8) is 0 Å². The fourth-order valence-corrected chi connectivity index (χ4v) is 4.80. The van der Waals surface area contributed by atoms with Crippen molar-refractivity contribution in [3.05, 3.63) is 40.0 Å². The number of benzene rings is 1. The van der Waals surface area contributed by atoms with Crippen LogP contribution in [0.4, 0.5) is 4.39 Å². The van der Waals surface area contributed by atoms with Crippen LogP contribution in [0.15, 0.2) is 32.3 Å². The number of fused-ring (bicyclic) bond motifs is 1. The van der Waals surface area contributed by atoms with Gasteiger partial charge in [-0.05, 0) is 49.8 Å². The van der Waals surface area contributed by atoms with E-state index in [1.54, 1.807) is 18.7 Å². The van der Waals surface area contributed by atoms with Crippen molar-refractivity contribution in [1.29, 1.82) is 0 Å². The summed E-state index contributed by atoms with van der Waals surface area (Å²) in [5, 5.41) is 0.737. The molecular formula is C22H27FO4S. The van der Waals surface area contributed by atoms with Gasteiger partial charge in [-0.3, -0.25) is 4.79 Å². The van der Waals surface area contributed by atoms with E-state index in [0.29, 0.717) is 24.2 Å². The fourth-order valence-electron chi connectivity index (χ4n) is 3.78. The Morgan fingerprint density at radius 2 is 2.04 bits per heavy atom. The molecule has 0 radical (unpaired) electrons. The minimum Gasteiger partial charge on any atom is -0.466 e. The Hall–Kier alpha value is -1.82. The second-order valence-electron chi connectivity index (χ2n) is 7.21. The number of esters is 1. The molecule has 0 atom stereocenters. The smallest absolute Gasteiger partial charge is 0.372 e. The molecule has 0 amide bonds. The van der Waals surface area contributed by atoms with Gasteiger partial charge in [-0.15, -0.1) is 11.8 Å². The van der Waals surface area contributed by atoms with Crippen molar-refractivity contribution >= 4 is 28.7 Å². The predicted octanol–water partition coefficient (Wildman–Crippen LogP) is 5.81. The Bertz CT molecular complexity index is 871. The third-order valence-corrected chi connectivity index (χ3v) is 6.37. The number of ether oxygens (including phenoxy) is 1. The summed E-state index contributed by atoms with van der Waals surface area (Å²) < 4.78 is 25.0. The molecule has 0 aliphatic heterocycles. The number of halogens is 1. The molecule has 1 aliphatic rings. The summed E-state index contributed by atoms with van der Waals surface area (Å²) in [5.41, 5.74) is 0.196.